The van der Waals surface area contributed by atoms with Gasteiger partial charge in [0.2, 0.25) is 0 Å². The fraction of sp³-hybridized carbons (Fsp3) is 0.200. The summed E-state index contributed by atoms with van der Waals surface area (Å²) >= 11 is 2.59. The van der Waals surface area contributed by atoms with E-state index in [-0.39, 0.29) is 11.7 Å². The van der Waals surface area contributed by atoms with Crippen LogP contribution in [0.15, 0.2) is 12.3 Å². The van der Waals surface area contributed by atoms with E-state index in [0.717, 1.165) is 0 Å². The fourth-order valence-electron chi connectivity index (χ4n) is 0.487. The van der Waals surface area contributed by atoms with Crippen LogP contribution in [0, 0.1) is 0 Å². The quantitative estimate of drug-likeness (QED) is 0.371. The molecule has 1 heterocycles. The number of carbonyl (C=O) groups is 1. The Morgan fingerprint density at radius 1 is 1.78 bits per heavy atom. The Kier molecular flexibility index (Phi) is 1.43. The number of carbonyl (C=O) groups excluding carboxylic acids is 1. The van der Waals surface area contributed by atoms with Crippen molar-refractivity contribution in [3.8, 4) is 0 Å². The van der Waals surface area contributed by atoms with Crippen molar-refractivity contribution in [3.63, 3.8) is 0 Å². The summed E-state index contributed by atoms with van der Waals surface area (Å²) in [6.45, 7) is 3.38. The molecule has 3 nitrogen and oxygen atoms in total. The van der Waals surface area contributed by atoms with Crippen LogP contribution >= 0.6 is 0 Å². The average molecular weight is 190 g/mol. The zero-order valence-electron chi connectivity index (χ0n) is 4.88. The Hall–Kier alpha value is -0.601. The number of rotatable bonds is 0. The van der Waals surface area contributed by atoms with Crippen molar-refractivity contribution < 1.29 is 9.53 Å². The van der Waals surface area contributed by atoms with Crippen LogP contribution < -0.4 is 0 Å². The fourth-order valence-corrected chi connectivity index (χ4v) is 0.872. The minimum atomic E-state index is -0.191. The van der Waals surface area contributed by atoms with Gasteiger partial charge < -0.3 is 0 Å². The third-order valence-electron chi connectivity index (χ3n) is 1.03. The average Bonchev–Trinajstić information content (AvgIpc) is 1.98. The molecule has 9 heavy (non-hydrogen) atoms. The van der Waals surface area contributed by atoms with Gasteiger partial charge in [-0.05, 0) is 0 Å². The molecule has 0 spiro atoms. The Bertz CT molecular complexity index is 199. The van der Waals surface area contributed by atoms with Crippen molar-refractivity contribution in [2.45, 2.75) is 0 Å². The summed E-state index contributed by atoms with van der Waals surface area (Å²) in [6.07, 6.45) is 0. The first-order valence-electron chi connectivity index (χ1n) is 2.31. The summed E-state index contributed by atoms with van der Waals surface area (Å²) in [4.78, 5) is 12.1. The summed E-state index contributed by atoms with van der Waals surface area (Å²) in [5, 5.41) is 0. The molecule has 0 atom stereocenters. The molecule has 0 aromatic carbocycles. The van der Waals surface area contributed by atoms with Gasteiger partial charge in [-0.25, -0.2) is 0 Å². The van der Waals surface area contributed by atoms with E-state index in [1.807, 2.05) is 0 Å². The summed E-state index contributed by atoms with van der Waals surface area (Å²) in [5.41, 5.74) is 0. The van der Waals surface area contributed by atoms with Crippen LogP contribution in [0.4, 0.5) is 0 Å². The third kappa shape index (κ3) is 0.910. The molecule has 1 saturated heterocycles. The molecule has 0 unspecified atom stereocenters. The van der Waals surface area contributed by atoms with Crippen molar-refractivity contribution in [1.29, 1.82) is 0 Å². The van der Waals surface area contributed by atoms with Gasteiger partial charge in [-0.2, -0.15) is 0 Å². The van der Waals surface area contributed by atoms with E-state index in [0.29, 0.717) is 4.73 Å². The van der Waals surface area contributed by atoms with Gasteiger partial charge >= 0.3 is 60.0 Å². The van der Waals surface area contributed by atoms with Crippen molar-refractivity contribution in [1.82, 2.24) is 4.90 Å². The minimum absolute atomic E-state index is 0.172. The molecule has 0 radical (unpaired) electrons. The second-order valence-electron chi connectivity index (χ2n) is 1.66. The second-order valence-corrected chi connectivity index (χ2v) is 2.39. The summed E-state index contributed by atoms with van der Waals surface area (Å²) in [7, 11) is 1.62. The van der Waals surface area contributed by atoms with E-state index in [1.165, 1.54) is 4.90 Å². The van der Waals surface area contributed by atoms with E-state index in [4.69, 9.17) is 4.74 Å². The van der Waals surface area contributed by atoms with Crippen LogP contribution in [0.1, 0.15) is 0 Å². The normalized spacial score (nSPS) is 18.8. The van der Waals surface area contributed by atoms with E-state index in [1.54, 1.807) is 7.05 Å². The van der Waals surface area contributed by atoms with Gasteiger partial charge in [0.1, 0.15) is 0 Å². The number of hydrogen-bond donors (Lipinski definition) is 0. The van der Waals surface area contributed by atoms with Gasteiger partial charge in [0.15, 0.2) is 0 Å². The van der Waals surface area contributed by atoms with Crippen LogP contribution in [0.3, 0.4) is 0 Å². The Balaban J connectivity index is 2.90. The Labute approximate surface area is 60.6 Å². The van der Waals surface area contributed by atoms with Crippen LogP contribution in [0.2, 0.25) is 0 Å². The first kappa shape index (κ1) is 6.52. The van der Waals surface area contributed by atoms with Crippen molar-refractivity contribution in [2.24, 2.45) is 0 Å². The molecule has 0 aromatic rings. The monoisotopic (exact) mass is 191 g/mol. The van der Waals surface area contributed by atoms with Gasteiger partial charge in [0.25, 0.3) is 0 Å². The molecular weight excluding hydrogens is 185 g/mol. The van der Waals surface area contributed by atoms with E-state index in [2.05, 4.69) is 22.2 Å². The van der Waals surface area contributed by atoms with Crippen molar-refractivity contribution >= 4 is 26.2 Å². The van der Waals surface area contributed by atoms with E-state index in [9.17, 15) is 4.79 Å². The predicted molar refractivity (Wildman–Crippen MR) is 33.8 cm³/mol. The van der Waals surface area contributed by atoms with Crippen LogP contribution in [0.5, 0.6) is 0 Å². The maximum absolute atomic E-state index is 10.8. The van der Waals surface area contributed by atoms with E-state index >= 15 is 0 Å². The predicted octanol–water partition coefficient (Wildman–Crippen LogP) is -0.755. The zero-order chi connectivity index (χ0) is 7.02. The number of ether oxygens (including phenoxy) is 1. The third-order valence-corrected chi connectivity index (χ3v) is 1.78. The van der Waals surface area contributed by atoms with Crippen LogP contribution in [-0.2, 0) is 9.53 Å². The number of hydrogen-bond acceptors (Lipinski definition) is 2. The molecule has 0 bridgehead atoms. The molecule has 1 fully saturated rings. The first-order valence-corrected chi connectivity index (χ1v) is 3.17. The Morgan fingerprint density at radius 3 is 2.44 bits per heavy atom. The van der Waals surface area contributed by atoms with Gasteiger partial charge in [0, 0.05) is 0 Å². The molecule has 0 N–H and O–H groups in total. The molecular formula is C5H5NO2Se. The molecule has 0 saturated carbocycles. The second kappa shape index (κ2) is 1.97. The van der Waals surface area contributed by atoms with Crippen molar-refractivity contribution in [2.75, 3.05) is 7.05 Å². The molecule has 48 valence electrons. The molecule has 4 heteroatoms. The topological polar surface area (TPSA) is 29.5 Å². The van der Waals surface area contributed by atoms with E-state index < -0.39 is 0 Å². The van der Waals surface area contributed by atoms with Gasteiger partial charge in [0.05, 0.1) is 0 Å². The van der Waals surface area contributed by atoms with Crippen LogP contribution in [-0.4, -0.2) is 38.2 Å². The zero-order valence-corrected chi connectivity index (χ0v) is 6.59. The number of likely N-dealkylation sites (N-methyl/N-ethyl adjacent to an activating group) is 1. The maximum atomic E-state index is 10.8. The molecule has 1 amide bonds. The Morgan fingerprint density at radius 2 is 2.33 bits per heavy atom. The molecule has 1 rings (SSSR count). The summed E-state index contributed by atoms with van der Waals surface area (Å²) < 4.78 is 5.29. The SMILES string of the molecule is C=C1OC(=[Se])N(C)C1=O. The summed E-state index contributed by atoms with van der Waals surface area (Å²) in [6, 6.07) is 0. The van der Waals surface area contributed by atoms with Gasteiger partial charge in [-0.15, -0.1) is 0 Å². The molecule has 0 aliphatic carbocycles. The van der Waals surface area contributed by atoms with Crippen molar-refractivity contribution in [3.05, 3.63) is 12.3 Å². The number of amides is 1. The number of nitrogens with zero attached hydrogens (tertiary/aromatic N) is 1. The van der Waals surface area contributed by atoms with Crippen LogP contribution in [0.25, 0.3) is 0 Å². The summed E-state index contributed by atoms with van der Waals surface area (Å²) in [5.74, 6) is -0.0185. The molecule has 1 aliphatic rings. The standard InChI is InChI=1S/C5H5NO2Se/c1-3-4(7)6(2)5(9)8-3/h1H2,2H3. The first-order chi connectivity index (χ1) is 4.13. The van der Waals surface area contributed by atoms with Gasteiger partial charge in [-0.1, -0.05) is 0 Å². The van der Waals surface area contributed by atoms with Gasteiger partial charge in [-0.3, -0.25) is 0 Å². The molecule has 1 aliphatic heterocycles. The molecule has 0 aromatic heterocycles.